The largest absolute Gasteiger partial charge is 0.398 e. The summed E-state index contributed by atoms with van der Waals surface area (Å²) < 4.78 is 2.86. The van der Waals surface area contributed by atoms with Crippen molar-refractivity contribution < 1.29 is 0 Å². The highest BCUT2D eigenvalue weighted by Gasteiger charge is 2.06. The molecule has 0 unspecified atom stereocenters. The summed E-state index contributed by atoms with van der Waals surface area (Å²) in [6.45, 7) is 0. The lowest BCUT2D eigenvalue weighted by Gasteiger charge is -2.04. The summed E-state index contributed by atoms with van der Waals surface area (Å²) in [5.41, 5.74) is 6.68. The van der Waals surface area contributed by atoms with E-state index in [4.69, 9.17) is 5.73 Å². The van der Waals surface area contributed by atoms with Gasteiger partial charge in [0.05, 0.1) is 0 Å². The van der Waals surface area contributed by atoms with Gasteiger partial charge in [-0.3, -0.25) is 0 Å². The van der Waals surface area contributed by atoms with Crippen LogP contribution in [0, 0.1) is 3.57 Å². The van der Waals surface area contributed by atoms with Crippen molar-refractivity contribution in [2.24, 2.45) is 7.05 Å². The van der Waals surface area contributed by atoms with Crippen LogP contribution in [0.4, 0.5) is 5.69 Å². The first-order valence-corrected chi connectivity index (χ1v) is 6.13. The fourth-order valence-corrected chi connectivity index (χ4v) is 2.39. The van der Waals surface area contributed by atoms with Crippen molar-refractivity contribution >= 4 is 40.0 Å². The van der Waals surface area contributed by atoms with Gasteiger partial charge in [0.15, 0.2) is 5.16 Å². The van der Waals surface area contributed by atoms with Crippen LogP contribution >= 0.6 is 34.4 Å². The van der Waals surface area contributed by atoms with Gasteiger partial charge in [-0.05, 0) is 52.6 Å². The molecule has 0 saturated carbocycles. The number of hydrogen-bond donors (Lipinski definition) is 1. The normalized spacial score (nSPS) is 10.5. The van der Waals surface area contributed by atoms with Gasteiger partial charge in [0.1, 0.15) is 6.33 Å². The average Bonchev–Trinajstić information content (AvgIpc) is 2.57. The van der Waals surface area contributed by atoms with Crippen molar-refractivity contribution in [2.75, 3.05) is 5.73 Å². The number of aryl methyl sites for hydroxylation is 1. The second-order valence-corrected chi connectivity index (χ2v) is 5.21. The number of halogens is 1. The number of benzene rings is 1. The van der Waals surface area contributed by atoms with Crippen molar-refractivity contribution in [3.63, 3.8) is 0 Å². The maximum atomic E-state index is 5.90. The van der Waals surface area contributed by atoms with Gasteiger partial charge in [0.25, 0.3) is 0 Å². The highest BCUT2D eigenvalue weighted by molar-refractivity contribution is 14.1. The van der Waals surface area contributed by atoms with Crippen molar-refractivity contribution in [3.8, 4) is 0 Å². The molecule has 2 rings (SSSR count). The molecule has 6 heteroatoms. The van der Waals surface area contributed by atoms with E-state index in [1.54, 1.807) is 4.68 Å². The number of hydrogen-bond acceptors (Lipinski definition) is 4. The molecule has 1 heterocycles. The molecule has 0 aliphatic heterocycles. The molecule has 0 fully saturated rings. The summed E-state index contributed by atoms with van der Waals surface area (Å²) in [4.78, 5) is 5.14. The monoisotopic (exact) mass is 332 g/mol. The molecule has 2 N–H and O–H groups in total. The van der Waals surface area contributed by atoms with Gasteiger partial charge in [-0.15, -0.1) is 0 Å². The lowest BCUT2D eigenvalue weighted by atomic mass is 10.3. The van der Waals surface area contributed by atoms with Crippen LogP contribution in [0.5, 0.6) is 0 Å². The SMILES string of the molecule is Cn1ncnc1Sc1ccc(I)cc1N. The minimum atomic E-state index is 0.773. The van der Waals surface area contributed by atoms with Crippen molar-refractivity contribution in [2.45, 2.75) is 10.1 Å². The minimum Gasteiger partial charge on any atom is -0.398 e. The van der Waals surface area contributed by atoms with E-state index < -0.39 is 0 Å². The molecule has 0 spiro atoms. The molecule has 0 bridgehead atoms. The molecule has 0 aliphatic carbocycles. The Morgan fingerprint density at radius 3 is 2.87 bits per heavy atom. The fraction of sp³-hybridized carbons (Fsp3) is 0.111. The van der Waals surface area contributed by atoms with Gasteiger partial charge in [-0.25, -0.2) is 9.67 Å². The summed E-state index contributed by atoms with van der Waals surface area (Å²) in [6, 6.07) is 5.96. The molecular weight excluding hydrogens is 323 g/mol. The molecule has 1 aromatic carbocycles. The zero-order valence-corrected chi connectivity index (χ0v) is 11.0. The average molecular weight is 332 g/mol. The van der Waals surface area contributed by atoms with Gasteiger partial charge in [-0.1, -0.05) is 0 Å². The van der Waals surface area contributed by atoms with Crippen LogP contribution in [-0.2, 0) is 7.05 Å². The van der Waals surface area contributed by atoms with Gasteiger partial charge >= 0.3 is 0 Å². The molecule has 2 aromatic rings. The van der Waals surface area contributed by atoms with E-state index in [0.29, 0.717) is 0 Å². The number of nitrogen functional groups attached to an aromatic ring is 1. The number of aromatic nitrogens is 3. The van der Waals surface area contributed by atoms with E-state index in [1.807, 2.05) is 25.2 Å². The number of rotatable bonds is 2. The summed E-state index contributed by atoms with van der Waals surface area (Å²) in [5.74, 6) is 0. The molecule has 0 radical (unpaired) electrons. The van der Waals surface area contributed by atoms with E-state index in [0.717, 1.165) is 19.3 Å². The van der Waals surface area contributed by atoms with Crippen molar-refractivity contribution in [1.82, 2.24) is 14.8 Å². The van der Waals surface area contributed by atoms with E-state index >= 15 is 0 Å². The molecule has 0 aliphatic rings. The topological polar surface area (TPSA) is 56.7 Å². The predicted molar refractivity (Wildman–Crippen MR) is 68.7 cm³/mol. The first-order chi connectivity index (χ1) is 7.16. The van der Waals surface area contributed by atoms with Crippen LogP contribution in [0.2, 0.25) is 0 Å². The van der Waals surface area contributed by atoms with Crippen LogP contribution in [0.1, 0.15) is 0 Å². The first kappa shape index (κ1) is 10.7. The Morgan fingerprint density at radius 1 is 1.47 bits per heavy atom. The van der Waals surface area contributed by atoms with E-state index in [9.17, 15) is 0 Å². The van der Waals surface area contributed by atoms with Crippen LogP contribution in [0.25, 0.3) is 0 Å². The third kappa shape index (κ3) is 2.43. The third-order valence-corrected chi connectivity index (χ3v) is 3.66. The van der Waals surface area contributed by atoms with Crippen LogP contribution in [0.3, 0.4) is 0 Å². The number of nitrogens with two attached hydrogens (primary N) is 1. The second-order valence-electron chi connectivity index (χ2n) is 2.95. The Bertz CT molecular complexity index is 483. The third-order valence-electron chi connectivity index (χ3n) is 1.84. The van der Waals surface area contributed by atoms with Crippen molar-refractivity contribution in [1.29, 1.82) is 0 Å². The Balaban J connectivity index is 2.29. The van der Waals surface area contributed by atoms with Gasteiger partial charge in [0, 0.05) is 21.2 Å². The zero-order chi connectivity index (χ0) is 10.8. The smallest absolute Gasteiger partial charge is 0.190 e. The summed E-state index contributed by atoms with van der Waals surface area (Å²) in [6.07, 6.45) is 1.53. The van der Waals surface area contributed by atoms with Gasteiger partial charge in [-0.2, -0.15) is 5.10 Å². The van der Waals surface area contributed by atoms with Gasteiger partial charge in [0.2, 0.25) is 0 Å². The van der Waals surface area contributed by atoms with E-state index in [1.165, 1.54) is 18.1 Å². The summed E-state index contributed by atoms with van der Waals surface area (Å²) >= 11 is 3.75. The lowest BCUT2D eigenvalue weighted by molar-refractivity contribution is 0.685. The van der Waals surface area contributed by atoms with E-state index in [2.05, 4.69) is 32.7 Å². The Kier molecular flexibility index (Phi) is 3.15. The standard InChI is InChI=1S/C9H9IN4S/c1-14-9(12-5-13-14)15-8-3-2-6(10)4-7(8)11/h2-5H,11H2,1H3. The molecule has 4 nitrogen and oxygen atoms in total. The minimum absolute atomic E-state index is 0.773. The molecule has 0 amide bonds. The molecule has 78 valence electrons. The molecular formula is C9H9IN4S. The lowest BCUT2D eigenvalue weighted by Crippen LogP contribution is -1.94. The second kappa shape index (κ2) is 4.40. The maximum absolute atomic E-state index is 5.90. The summed E-state index contributed by atoms with van der Waals surface area (Å²) in [7, 11) is 1.86. The Morgan fingerprint density at radius 2 is 2.27 bits per heavy atom. The van der Waals surface area contributed by atoms with Crippen LogP contribution in [-0.4, -0.2) is 14.8 Å². The first-order valence-electron chi connectivity index (χ1n) is 4.23. The van der Waals surface area contributed by atoms with Crippen molar-refractivity contribution in [3.05, 3.63) is 28.1 Å². The molecule has 15 heavy (non-hydrogen) atoms. The highest BCUT2D eigenvalue weighted by atomic mass is 127. The quantitative estimate of drug-likeness (QED) is 0.676. The van der Waals surface area contributed by atoms with Crippen LogP contribution < -0.4 is 5.73 Å². The highest BCUT2D eigenvalue weighted by Crippen LogP contribution is 2.30. The molecule has 0 atom stereocenters. The van der Waals surface area contributed by atoms with E-state index in [-0.39, 0.29) is 0 Å². The predicted octanol–water partition coefficient (Wildman–Crippen LogP) is 2.15. The van der Waals surface area contributed by atoms with Crippen LogP contribution in [0.15, 0.2) is 34.6 Å². The fourth-order valence-electron chi connectivity index (χ4n) is 1.09. The van der Waals surface area contributed by atoms with Gasteiger partial charge < -0.3 is 5.73 Å². The summed E-state index contributed by atoms with van der Waals surface area (Å²) in [5, 5.41) is 4.84. The Labute approximate surface area is 105 Å². The number of nitrogens with zero attached hydrogens (tertiary/aromatic N) is 3. The molecule has 1 aromatic heterocycles. The zero-order valence-electron chi connectivity index (χ0n) is 8.01. The molecule has 0 saturated heterocycles. The Hall–Kier alpha value is -0.760. The maximum Gasteiger partial charge on any atom is 0.190 e. The number of anilines is 1.